The molecule has 2 fully saturated rings. The number of benzene rings is 4. The monoisotopic (exact) mass is 689 g/mol. The highest BCUT2D eigenvalue weighted by Crippen LogP contribution is 2.39. The molecule has 2 saturated heterocycles. The van der Waals surface area contributed by atoms with E-state index in [9.17, 15) is 32.7 Å². The van der Waals surface area contributed by atoms with Crippen molar-refractivity contribution in [1.29, 1.82) is 0 Å². The average molecular weight is 690 g/mol. The zero-order valence-electron chi connectivity index (χ0n) is 25.5. The van der Waals surface area contributed by atoms with Gasteiger partial charge in [-0.3, -0.25) is 29.3 Å². The molecule has 0 aliphatic carbocycles. The van der Waals surface area contributed by atoms with Crippen LogP contribution in [-0.2, 0) is 38.1 Å². The van der Waals surface area contributed by atoms with Gasteiger partial charge in [0, 0.05) is 42.0 Å². The molecule has 0 radical (unpaired) electrons. The summed E-state index contributed by atoms with van der Waals surface area (Å²) in [5.74, 6) is -3.76. The fourth-order valence-electron chi connectivity index (χ4n) is 5.94. The summed E-state index contributed by atoms with van der Waals surface area (Å²) in [4.78, 5) is 49.7. The fraction of sp³-hybridized carbons (Fsp3) is 0.156. The topological polar surface area (TPSA) is 183 Å². The van der Waals surface area contributed by atoms with Crippen molar-refractivity contribution >= 4 is 72.8 Å². The third kappa shape index (κ3) is 5.62. The first-order chi connectivity index (χ1) is 23.3. The molecule has 0 unspecified atom stereocenters. The predicted molar refractivity (Wildman–Crippen MR) is 174 cm³/mol. The number of fused-ring (bicyclic) bond motifs is 2. The summed E-state index contributed by atoms with van der Waals surface area (Å²) >= 11 is 0. The van der Waals surface area contributed by atoms with E-state index in [-0.39, 0.29) is 47.2 Å². The molecule has 14 nitrogen and oxygen atoms in total. The van der Waals surface area contributed by atoms with E-state index in [1.165, 1.54) is 33.8 Å². The van der Waals surface area contributed by atoms with Gasteiger partial charge in [-0.05, 0) is 52.9 Å². The van der Waals surface area contributed by atoms with Crippen LogP contribution >= 0.6 is 0 Å². The number of carbonyl (C=O) groups excluding carboxylic acids is 4. The number of hydrogen-bond donors (Lipinski definition) is 4. The largest absolute Gasteiger partial charge is 0.506 e. The van der Waals surface area contributed by atoms with Gasteiger partial charge in [0.1, 0.15) is 23.8 Å². The van der Waals surface area contributed by atoms with Crippen molar-refractivity contribution in [2.75, 3.05) is 27.6 Å². The van der Waals surface area contributed by atoms with Crippen LogP contribution in [0, 0.1) is 11.6 Å². The summed E-state index contributed by atoms with van der Waals surface area (Å²) in [5, 5.41) is 20.3. The third-order valence-corrected chi connectivity index (χ3v) is 9.62. The van der Waals surface area contributed by atoms with Crippen molar-refractivity contribution in [3.8, 4) is 16.9 Å². The Kier molecular flexibility index (Phi) is 7.42. The normalized spacial score (nSPS) is 15.9. The first-order valence-corrected chi connectivity index (χ1v) is 16.2. The van der Waals surface area contributed by atoms with Crippen LogP contribution in [0.4, 0.5) is 30.8 Å². The molecule has 1 aromatic heterocycles. The molecule has 17 heteroatoms. The van der Waals surface area contributed by atoms with E-state index >= 15 is 8.78 Å². The van der Waals surface area contributed by atoms with Gasteiger partial charge in [0.25, 0.3) is 5.91 Å². The third-order valence-electron chi connectivity index (χ3n) is 8.24. The smallest absolute Gasteiger partial charge is 0.329 e. The number of hydrogen-bond acceptors (Lipinski definition) is 8. The summed E-state index contributed by atoms with van der Waals surface area (Å²) < 4.78 is 58.9. The van der Waals surface area contributed by atoms with E-state index in [1.807, 2.05) is 0 Å². The van der Waals surface area contributed by atoms with Crippen molar-refractivity contribution < 1.29 is 41.5 Å². The second-order valence-corrected chi connectivity index (χ2v) is 13.1. The van der Waals surface area contributed by atoms with Crippen LogP contribution < -0.4 is 24.6 Å². The molecule has 4 aromatic carbocycles. The Balaban J connectivity index is 1.07. The lowest BCUT2D eigenvalue weighted by atomic mass is 10.0. The van der Waals surface area contributed by atoms with Gasteiger partial charge in [-0.1, -0.05) is 24.3 Å². The van der Waals surface area contributed by atoms with Crippen LogP contribution in [0.5, 0.6) is 5.75 Å². The summed E-state index contributed by atoms with van der Waals surface area (Å²) in [6.07, 6.45) is 0.0396. The maximum absolute atomic E-state index is 15.4. The number of amides is 5. The molecule has 7 rings (SSSR count). The molecule has 0 spiro atoms. The maximum atomic E-state index is 15.4. The van der Waals surface area contributed by atoms with E-state index < -0.39 is 63.6 Å². The number of rotatable bonds is 6. The fourth-order valence-corrected chi connectivity index (χ4v) is 7.10. The number of urea groups is 1. The van der Waals surface area contributed by atoms with Crippen molar-refractivity contribution in [2.24, 2.45) is 7.05 Å². The Morgan fingerprint density at radius 1 is 1.00 bits per heavy atom. The Labute approximate surface area is 276 Å². The van der Waals surface area contributed by atoms with Gasteiger partial charge in [-0.2, -0.15) is 13.5 Å². The Hall–Kier alpha value is -6.10. The first-order valence-electron chi connectivity index (χ1n) is 14.7. The average Bonchev–Trinajstić information content (AvgIpc) is 3.49. The minimum atomic E-state index is -4.36. The maximum Gasteiger partial charge on any atom is 0.329 e. The molecule has 0 bridgehead atoms. The zero-order valence-corrected chi connectivity index (χ0v) is 26.3. The lowest BCUT2D eigenvalue weighted by molar-refractivity contribution is -0.120. The quantitative estimate of drug-likeness (QED) is 0.210. The van der Waals surface area contributed by atoms with Crippen LogP contribution in [0.15, 0.2) is 60.7 Å². The molecule has 250 valence electrons. The van der Waals surface area contributed by atoms with Crippen LogP contribution in [-0.4, -0.2) is 60.1 Å². The van der Waals surface area contributed by atoms with Gasteiger partial charge < -0.3 is 10.4 Å². The summed E-state index contributed by atoms with van der Waals surface area (Å²) in [5.41, 5.74) is 1.60. The minimum absolute atomic E-state index is 0.0443. The highest BCUT2D eigenvalue weighted by molar-refractivity contribution is 7.92. The SMILES string of the molecule is Cn1nc(N2CCC(=O)NC2=O)c2cc(F)c(-c3ccc(CC(=O)Nc4ccc5c(F)c(N6CC(=O)NS6(=O)=O)c(O)cc5c4)cc3)cc21. The van der Waals surface area contributed by atoms with E-state index in [0.717, 1.165) is 6.07 Å². The van der Waals surface area contributed by atoms with Crippen LogP contribution in [0.1, 0.15) is 12.0 Å². The number of phenolic OH excluding ortho intramolecular Hbond substituents is 1. The Bertz CT molecular complexity index is 2380. The number of nitrogens with zero attached hydrogens (tertiary/aromatic N) is 4. The highest BCUT2D eigenvalue weighted by Gasteiger charge is 2.38. The van der Waals surface area contributed by atoms with Gasteiger partial charge in [-0.15, -0.1) is 0 Å². The molecule has 3 heterocycles. The number of carbonyl (C=O) groups is 4. The van der Waals surface area contributed by atoms with E-state index in [1.54, 1.807) is 42.1 Å². The predicted octanol–water partition coefficient (Wildman–Crippen LogP) is 3.19. The van der Waals surface area contributed by atoms with Gasteiger partial charge in [0.2, 0.25) is 11.8 Å². The van der Waals surface area contributed by atoms with Crippen molar-refractivity contribution in [2.45, 2.75) is 12.8 Å². The number of halogens is 2. The van der Waals surface area contributed by atoms with Gasteiger partial charge in [0.05, 0.1) is 11.9 Å². The molecule has 5 aromatic rings. The molecular weight excluding hydrogens is 664 g/mol. The van der Waals surface area contributed by atoms with E-state index in [4.69, 9.17) is 0 Å². The number of imide groups is 1. The Morgan fingerprint density at radius 3 is 2.45 bits per heavy atom. The first kappa shape index (κ1) is 31.5. The van der Waals surface area contributed by atoms with Crippen molar-refractivity contribution in [3.63, 3.8) is 0 Å². The summed E-state index contributed by atoms with van der Waals surface area (Å²) in [6.45, 7) is -0.567. The molecule has 4 N–H and O–H groups in total. The van der Waals surface area contributed by atoms with Crippen LogP contribution in [0.25, 0.3) is 32.8 Å². The summed E-state index contributed by atoms with van der Waals surface area (Å²) in [7, 11) is -2.70. The number of aryl methyl sites for hydroxylation is 1. The van der Waals surface area contributed by atoms with Gasteiger partial charge in [0.15, 0.2) is 11.6 Å². The van der Waals surface area contributed by atoms with Gasteiger partial charge >= 0.3 is 16.2 Å². The number of aromatic hydroxyl groups is 1. The summed E-state index contributed by atoms with van der Waals surface area (Å²) in [6, 6.07) is 14.2. The minimum Gasteiger partial charge on any atom is -0.506 e. The zero-order chi connectivity index (χ0) is 34.8. The number of nitrogens with one attached hydrogen (secondary N) is 3. The van der Waals surface area contributed by atoms with Gasteiger partial charge in [-0.25, -0.2) is 22.6 Å². The molecule has 0 atom stereocenters. The molecule has 2 aliphatic heterocycles. The second-order valence-electron chi connectivity index (χ2n) is 11.5. The highest BCUT2D eigenvalue weighted by atomic mass is 32.2. The molecule has 5 amide bonds. The number of anilines is 3. The second kappa shape index (κ2) is 11.6. The standard InChI is InChI=1S/C32H25F2N7O7S/c1-39-24-14-21(23(33)13-22(24)31(37-39)40-9-8-26(43)36-32(40)46)17-4-2-16(3-5-17)10-27(44)35-19-6-7-20-18(11-19)12-25(42)30(29(20)34)41-15-28(45)38-49(41,47)48/h2-7,11-14,42H,8-10,15H2,1H3,(H,35,44)(H,38,45)(H,36,43,46). The van der Waals surface area contributed by atoms with Crippen molar-refractivity contribution in [1.82, 2.24) is 19.8 Å². The van der Waals surface area contributed by atoms with Crippen LogP contribution in [0.3, 0.4) is 0 Å². The van der Waals surface area contributed by atoms with E-state index in [0.29, 0.717) is 26.3 Å². The molecular formula is C32H25F2N7O7S. The van der Waals surface area contributed by atoms with E-state index in [2.05, 4.69) is 15.7 Å². The van der Waals surface area contributed by atoms with Crippen molar-refractivity contribution in [3.05, 3.63) is 77.9 Å². The Morgan fingerprint density at radius 2 is 1.76 bits per heavy atom. The number of phenols is 1. The van der Waals surface area contributed by atoms with Crippen LogP contribution in [0.2, 0.25) is 0 Å². The molecule has 0 saturated carbocycles. The number of aromatic nitrogens is 2. The lowest BCUT2D eigenvalue weighted by Crippen LogP contribution is -2.49. The molecule has 49 heavy (non-hydrogen) atoms. The molecule has 2 aliphatic rings. The lowest BCUT2D eigenvalue weighted by Gasteiger charge is -2.24.